The van der Waals surface area contributed by atoms with E-state index in [1.807, 2.05) is 6.07 Å². The number of benzene rings is 2. The summed E-state index contributed by atoms with van der Waals surface area (Å²) >= 11 is 0. The minimum absolute atomic E-state index is 0.0743. The van der Waals surface area contributed by atoms with Gasteiger partial charge in [0.05, 0.1) is 10.3 Å². The van der Waals surface area contributed by atoms with Gasteiger partial charge in [-0.05, 0) is 48.2 Å². The number of hydrogen-bond donors (Lipinski definition) is 1. The molecule has 0 amide bonds. The predicted molar refractivity (Wildman–Crippen MR) is 108 cm³/mol. The Morgan fingerprint density at radius 2 is 1.89 bits per heavy atom. The Bertz CT molecular complexity index is 1180. The molecule has 2 aromatic carbocycles. The van der Waals surface area contributed by atoms with E-state index in [0.29, 0.717) is 0 Å². The van der Waals surface area contributed by atoms with Gasteiger partial charge in [0.25, 0.3) is 5.69 Å². The van der Waals surface area contributed by atoms with Crippen molar-refractivity contribution in [1.82, 2.24) is 15.0 Å². The molecule has 7 nitrogen and oxygen atoms in total. The number of hydrogen-bond acceptors (Lipinski definition) is 5. The van der Waals surface area contributed by atoms with Gasteiger partial charge in [-0.25, -0.2) is 9.97 Å². The number of non-ortho nitro benzene ring substituents is 1. The Hall–Kier alpha value is -3.74. The maximum absolute atomic E-state index is 10.9. The number of aromatic amines is 1. The first-order valence-corrected chi connectivity index (χ1v) is 9.15. The van der Waals surface area contributed by atoms with Crippen molar-refractivity contribution in [2.45, 2.75) is 12.8 Å². The fraction of sp³-hybridized carbons (Fsp3) is 0.143. The largest absolute Gasteiger partial charge is 0.339 e. The van der Waals surface area contributed by atoms with Crippen LogP contribution in [0.4, 0.5) is 17.2 Å². The van der Waals surface area contributed by atoms with E-state index >= 15 is 0 Å². The lowest BCUT2D eigenvalue weighted by atomic mass is 10.0. The molecule has 1 N–H and O–H groups in total. The molecule has 0 spiro atoms. The molecule has 1 aliphatic rings. The van der Waals surface area contributed by atoms with E-state index < -0.39 is 4.92 Å². The normalized spacial score (nSPS) is 13.5. The molecular weight excluding hydrogens is 354 g/mol. The van der Waals surface area contributed by atoms with Crippen LogP contribution < -0.4 is 4.90 Å². The molecule has 0 atom stereocenters. The highest BCUT2D eigenvalue weighted by molar-refractivity contribution is 5.94. The molecular formula is C21H17N5O2. The van der Waals surface area contributed by atoms with Gasteiger partial charge in [-0.2, -0.15) is 0 Å². The number of H-pyrrole nitrogens is 1. The first-order chi connectivity index (χ1) is 13.7. The number of para-hydroxylation sites is 1. The average molecular weight is 371 g/mol. The van der Waals surface area contributed by atoms with Crippen LogP contribution in [0.2, 0.25) is 0 Å². The lowest BCUT2D eigenvalue weighted by molar-refractivity contribution is -0.384. The smallest absolute Gasteiger partial charge is 0.269 e. The van der Waals surface area contributed by atoms with Crippen LogP contribution in [0.3, 0.4) is 0 Å². The minimum atomic E-state index is -0.396. The van der Waals surface area contributed by atoms with Gasteiger partial charge < -0.3 is 9.88 Å². The maximum Gasteiger partial charge on any atom is 0.269 e. The van der Waals surface area contributed by atoms with Gasteiger partial charge in [0.1, 0.15) is 17.8 Å². The van der Waals surface area contributed by atoms with Gasteiger partial charge >= 0.3 is 0 Å². The van der Waals surface area contributed by atoms with Crippen LogP contribution in [0.25, 0.3) is 22.3 Å². The summed E-state index contributed by atoms with van der Waals surface area (Å²) < 4.78 is 0. The number of aryl methyl sites for hydroxylation is 1. The molecule has 5 rings (SSSR count). The number of anilines is 2. The van der Waals surface area contributed by atoms with Crippen molar-refractivity contribution in [1.29, 1.82) is 0 Å². The summed E-state index contributed by atoms with van der Waals surface area (Å²) in [6.45, 7) is 0.904. The summed E-state index contributed by atoms with van der Waals surface area (Å²) in [5, 5.41) is 11.8. The highest BCUT2D eigenvalue weighted by Crippen LogP contribution is 2.36. The van der Waals surface area contributed by atoms with Crippen molar-refractivity contribution in [3.63, 3.8) is 0 Å². The van der Waals surface area contributed by atoms with Crippen LogP contribution in [-0.4, -0.2) is 26.4 Å². The third kappa shape index (κ3) is 2.68. The summed E-state index contributed by atoms with van der Waals surface area (Å²) in [6.07, 6.45) is 3.72. The zero-order chi connectivity index (χ0) is 19.1. The fourth-order valence-corrected chi connectivity index (χ4v) is 3.81. The predicted octanol–water partition coefficient (Wildman–Crippen LogP) is 4.62. The van der Waals surface area contributed by atoms with Crippen LogP contribution in [-0.2, 0) is 6.42 Å². The van der Waals surface area contributed by atoms with Crippen LogP contribution >= 0.6 is 0 Å². The van der Waals surface area contributed by atoms with E-state index in [4.69, 9.17) is 0 Å². The average Bonchev–Trinajstić information content (AvgIpc) is 3.18. The monoisotopic (exact) mass is 371 g/mol. The van der Waals surface area contributed by atoms with E-state index in [2.05, 4.69) is 44.1 Å². The number of nitro groups is 1. The second-order valence-corrected chi connectivity index (χ2v) is 6.83. The van der Waals surface area contributed by atoms with Crippen LogP contribution in [0.1, 0.15) is 12.0 Å². The molecule has 7 heteroatoms. The first-order valence-electron chi connectivity index (χ1n) is 9.15. The highest BCUT2D eigenvalue weighted by atomic mass is 16.6. The molecule has 0 saturated heterocycles. The summed E-state index contributed by atoms with van der Waals surface area (Å²) in [5.74, 6) is 0.876. The molecule has 4 aromatic rings. The zero-order valence-electron chi connectivity index (χ0n) is 15.0. The molecule has 0 bridgehead atoms. The van der Waals surface area contributed by atoms with Crippen LogP contribution in [0.15, 0.2) is 60.9 Å². The van der Waals surface area contributed by atoms with Crippen molar-refractivity contribution in [2.24, 2.45) is 0 Å². The van der Waals surface area contributed by atoms with Gasteiger partial charge in [0, 0.05) is 30.1 Å². The molecule has 0 radical (unpaired) electrons. The van der Waals surface area contributed by atoms with Crippen molar-refractivity contribution < 1.29 is 4.92 Å². The van der Waals surface area contributed by atoms with Gasteiger partial charge in [0.2, 0.25) is 0 Å². The minimum Gasteiger partial charge on any atom is -0.339 e. The quantitative estimate of drug-likeness (QED) is 0.419. The molecule has 28 heavy (non-hydrogen) atoms. The second-order valence-electron chi connectivity index (χ2n) is 6.83. The van der Waals surface area contributed by atoms with E-state index in [1.54, 1.807) is 18.5 Å². The van der Waals surface area contributed by atoms with Crippen molar-refractivity contribution >= 4 is 28.2 Å². The topological polar surface area (TPSA) is 87.9 Å². The van der Waals surface area contributed by atoms with E-state index in [0.717, 1.165) is 47.5 Å². The fourth-order valence-electron chi connectivity index (χ4n) is 3.81. The van der Waals surface area contributed by atoms with E-state index in [-0.39, 0.29) is 5.69 Å². The molecule has 3 heterocycles. The third-order valence-electron chi connectivity index (χ3n) is 5.16. The van der Waals surface area contributed by atoms with E-state index in [1.165, 1.54) is 23.4 Å². The van der Waals surface area contributed by atoms with Crippen LogP contribution in [0.5, 0.6) is 0 Å². The molecule has 0 aliphatic carbocycles. The van der Waals surface area contributed by atoms with Gasteiger partial charge in [0.15, 0.2) is 0 Å². The number of aromatic nitrogens is 3. The number of fused-ring (bicyclic) bond motifs is 2. The molecule has 138 valence electrons. The van der Waals surface area contributed by atoms with Crippen molar-refractivity contribution in [3.05, 3.63) is 76.6 Å². The zero-order valence-corrected chi connectivity index (χ0v) is 15.0. The van der Waals surface area contributed by atoms with Gasteiger partial charge in [-0.3, -0.25) is 10.1 Å². The first kappa shape index (κ1) is 16.4. The number of nitrogens with zero attached hydrogens (tertiary/aromatic N) is 4. The molecule has 1 aliphatic heterocycles. The Balaban J connectivity index is 1.60. The standard InChI is InChI=1S/C21H17N5O2/c27-26(28)16-9-7-14(8-10-16)18-12-17-20(24-18)22-13-23-21(17)25-11-3-5-15-4-1-2-6-19(15)25/h1-2,4,6-10,12-13H,3,5,11H2,(H,22,23,24). The molecule has 0 fully saturated rings. The van der Waals surface area contributed by atoms with Crippen molar-refractivity contribution in [2.75, 3.05) is 11.4 Å². The summed E-state index contributed by atoms with van der Waals surface area (Å²) in [6, 6.07) is 16.9. The van der Waals surface area contributed by atoms with Gasteiger partial charge in [-0.15, -0.1) is 0 Å². The second kappa shape index (κ2) is 6.45. The molecule has 2 aromatic heterocycles. The summed E-state index contributed by atoms with van der Waals surface area (Å²) in [4.78, 5) is 25.0. The SMILES string of the molecule is O=[N+]([O-])c1ccc(-c2cc3c(N4CCCc5ccccc54)ncnc3[nH]2)cc1. The maximum atomic E-state index is 10.9. The molecule has 0 saturated carbocycles. The number of rotatable bonds is 3. The Labute approximate surface area is 160 Å². The lowest BCUT2D eigenvalue weighted by Gasteiger charge is -2.30. The lowest BCUT2D eigenvalue weighted by Crippen LogP contribution is -2.25. The third-order valence-corrected chi connectivity index (χ3v) is 5.16. The Morgan fingerprint density at radius 3 is 2.71 bits per heavy atom. The van der Waals surface area contributed by atoms with E-state index in [9.17, 15) is 10.1 Å². The van der Waals surface area contributed by atoms with Gasteiger partial charge in [-0.1, -0.05) is 18.2 Å². The summed E-state index contributed by atoms with van der Waals surface area (Å²) in [7, 11) is 0. The number of nitro benzene ring substituents is 1. The van der Waals surface area contributed by atoms with Crippen molar-refractivity contribution in [3.8, 4) is 11.3 Å². The molecule has 0 unspecified atom stereocenters. The van der Waals surface area contributed by atoms with Crippen LogP contribution in [0, 0.1) is 10.1 Å². The summed E-state index contributed by atoms with van der Waals surface area (Å²) in [5.41, 5.74) is 5.07. The number of nitrogens with one attached hydrogen (secondary N) is 1. The Morgan fingerprint density at radius 1 is 1.07 bits per heavy atom. The Kier molecular flexibility index (Phi) is 3.79. The highest BCUT2D eigenvalue weighted by Gasteiger charge is 2.22.